The topological polar surface area (TPSA) is 115 Å². The molecular weight excluding hydrogens is 414 g/mol. The molecule has 1 aliphatic heterocycles. The molecule has 9 nitrogen and oxygen atoms in total. The Hall–Kier alpha value is -3.75. The third-order valence-electron chi connectivity index (χ3n) is 4.94. The van der Waals surface area contributed by atoms with Crippen LogP contribution in [0.25, 0.3) is 0 Å². The number of nitrogens with one attached hydrogen (secondary N) is 1. The highest BCUT2D eigenvalue weighted by atomic mass is 16.6. The molecule has 1 aromatic heterocycles. The SMILES string of the molecule is CCOC(=O)COc1cccnc1CNC(=O)CC(C)(C)N1C(=O)c2ccccc2C1=O. The Labute approximate surface area is 185 Å². The minimum Gasteiger partial charge on any atom is -0.480 e. The monoisotopic (exact) mass is 439 g/mol. The smallest absolute Gasteiger partial charge is 0.344 e. The molecule has 0 spiro atoms. The number of amides is 3. The quantitative estimate of drug-likeness (QED) is 0.470. The first-order valence-corrected chi connectivity index (χ1v) is 10.2. The van der Waals surface area contributed by atoms with Crippen molar-refractivity contribution < 1.29 is 28.7 Å². The van der Waals surface area contributed by atoms with Gasteiger partial charge in [-0.25, -0.2) is 4.79 Å². The first kappa shape index (κ1) is 22.9. The van der Waals surface area contributed by atoms with Gasteiger partial charge in [-0.2, -0.15) is 0 Å². The molecular formula is C23H25N3O6. The van der Waals surface area contributed by atoms with Crippen LogP contribution in [0.15, 0.2) is 42.6 Å². The van der Waals surface area contributed by atoms with Gasteiger partial charge in [-0.3, -0.25) is 24.3 Å². The summed E-state index contributed by atoms with van der Waals surface area (Å²) in [4.78, 5) is 55.0. The van der Waals surface area contributed by atoms with Gasteiger partial charge < -0.3 is 14.8 Å². The number of rotatable bonds is 9. The number of nitrogens with zero attached hydrogens (tertiary/aromatic N) is 2. The van der Waals surface area contributed by atoms with Gasteiger partial charge in [0, 0.05) is 12.6 Å². The Balaban J connectivity index is 1.61. The summed E-state index contributed by atoms with van der Waals surface area (Å²) in [6.45, 7) is 5.07. The minimum atomic E-state index is -1.04. The van der Waals surface area contributed by atoms with Crippen molar-refractivity contribution >= 4 is 23.7 Å². The van der Waals surface area contributed by atoms with E-state index in [0.29, 0.717) is 22.6 Å². The summed E-state index contributed by atoms with van der Waals surface area (Å²) in [5.74, 6) is -1.35. The maximum absolute atomic E-state index is 12.7. The van der Waals surface area contributed by atoms with Gasteiger partial charge in [-0.1, -0.05) is 12.1 Å². The fourth-order valence-corrected chi connectivity index (χ4v) is 3.48. The Morgan fingerprint density at radius 2 is 1.72 bits per heavy atom. The molecule has 0 aliphatic carbocycles. The number of pyridine rings is 1. The average molecular weight is 439 g/mol. The molecule has 32 heavy (non-hydrogen) atoms. The van der Waals surface area contributed by atoms with Crippen LogP contribution in [0.2, 0.25) is 0 Å². The van der Waals surface area contributed by atoms with Gasteiger partial charge >= 0.3 is 5.97 Å². The molecule has 0 saturated carbocycles. The summed E-state index contributed by atoms with van der Waals surface area (Å²) in [5, 5.41) is 2.74. The van der Waals surface area contributed by atoms with Gasteiger partial charge in [0.15, 0.2) is 6.61 Å². The molecule has 168 valence electrons. The summed E-state index contributed by atoms with van der Waals surface area (Å²) in [6, 6.07) is 9.88. The fraction of sp³-hybridized carbons (Fsp3) is 0.348. The summed E-state index contributed by atoms with van der Waals surface area (Å²) in [6.07, 6.45) is 1.45. The van der Waals surface area contributed by atoms with Crippen LogP contribution in [0.5, 0.6) is 5.75 Å². The fourth-order valence-electron chi connectivity index (χ4n) is 3.48. The lowest BCUT2D eigenvalue weighted by molar-refractivity contribution is -0.145. The molecule has 1 aliphatic rings. The van der Waals surface area contributed by atoms with Crippen LogP contribution >= 0.6 is 0 Å². The van der Waals surface area contributed by atoms with Gasteiger partial charge in [0.25, 0.3) is 11.8 Å². The molecule has 0 radical (unpaired) electrons. The van der Waals surface area contributed by atoms with Crippen molar-refractivity contribution in [3.63, 3.8) is 0 Å². The zero-order valence-electron chi connectivity index (χ0n) is 18.2. The third-order valence-corrected chi connectivity index (χ3v) is 4.94. The van der Waals surface area contributed by atoms with Gasteiger partial charge in [-0.05, 0) is 45.0 Å². The van der Waals surface area contributed by atoms with Crippen LogP contribution in [0.1, 0.15) is 53.6 Å². The van der Waals surface area contributed by atoms with Crippen molar-refractivity contribution in [2.45, 2.75) is 39.3 Å². The van der Waals surface area contributed by atoms with Crippen molar-refractivity contribution in [1.29, 1.82) is 0 Å². The molecule has 3 rings (SSSR count). The average Bonchev–Trinajstić information content (AvgIpc) is 3.02. The van der Waals surface area contributed by atoms with E-state index in [2.05, 4.69) is 10.3 Å². The molecule has 2 aromatic rings. The highest BCUT2D eigenvalue weighted by Gasteiger charge is 2.44. The lowest BCUT2D eigenvalue weighted by atomic mass is 9.97. The van der Waals surface area contributed by atoms with Crippen molar-refractivity contribution in [2.75, 3.05) is 13.2 Å². The van der Waals surface area contributed by atoms with E-state index in [0.717, 1.165) is 4.90 Å². The predicted molar refractivity (Wildman–Crippen MR) is 114 cm³/mol. The molecule has 0 bridgehead atoms. The van der Waals surface area contributed by atoms with E-state index >= 15 is 0 Å². The number of hydrogen-bond acceptors (Lipinski definition) is 7. The summed E-state index contributed by atoms with van der Waals surface area (Å²) >= 11 is 0. The second kappa shape index (κ2) is 9.59. The standard InChI is InChI=1S/C23H25N3O6/c1-4-31-20(28)14-32-18-10-7-11-24-17(18)13-25-19(27)12-23(2,3)26-21(29)15-8-5-6-9-16(15)22(26)30/h5-11H,4,12-14H2,1-3H3,(H,25,27). The molecule has 0 unspecified atom stereocenters. The van der Waals surface area contributed by atoms with Crippen LogP contribution in [0.4, 0.5) is 0 Å². The number of carbonyl (C=O) groups is 4. The summed E-state index contributed by atoms with van der Waals surface area (Å²) < 4.78 is 10.3. The maximum Gasteiger partial charge on any atom is 0.344 e. The lowest BCUT2D eigenvalue weighted by Crippen LogP contribution is -2.50. The van der Waals surface area contributed by atoms with Gasteiger partial charge in [0.1, 0.15) is 11.4 Å². The van der Waals surface area contributed by atoms with E-state index in [4.69, 9.17) is 9.47 Å². The van der Waals surface area contributed by atoms with Crippen LogP contribution < -0.4 is 10.1 Å². The van der Waals surface area contributed by atoms with Crippen molar-refractivity contribution in [3.05, 3.63) is 59.4 Å². The van der Waals surface area contributed by atoms with E-state index < -0.39 is 23.3 Å². The minimum absolute atomic E-state index is 0.0516. The zero-order chi connectivity index (χ0) is 23.3. The van der Waals surface area contributed by atoms with Crippen LogP contribution in [0, 0.1) is 0 Å². The van der Waals surface area contributed by atoms with E-state index in [1.165, 1.54) is 0 Å². The summed E-state index contributed by atoms with van der Waals surface area (Å²) in [5.41, 5.74) is 0.0689. The van der Waals surface area contributed by atoms with Gasteiger partial charge in [0.2, 0.25) is 5.91 Å². The van der Waals surface area contributed by atoms with Crippen molar-refractivity contribution in [3.8, 4) is 5.75 Å². The zero-order valence-corrected chi connectivity index (χ0v) is 18.2. The molecule has 0 fully saturated rings. The molecule has 0 atom stereocenters. The third kappa shape index (κ3) is 4.93. The van der Waals surface area contributed by atoms with Crippen LogP contribution in [-0.4, -0.2) is 52.3 Å². The molecule has 1 aromatic carbocycles. The highest BCUT2D eigenvalue weighted by molar-refractivity contribution is 6.22. The predicted octanol–water partition coefficient (Wildman–Crippen LogP) is 2.10. The number of fused-ring (bicyclic) bond motifs is 1. The number of hydrogen-bond donors (Lipinski definition) is 1. The van der Waals surface area contributed by atoms with Crippen molar-refractivity contribution in [2.24, 2.45) is 0 Å². The first-order valence-electron chi connectivity index (χ1n) is 10.2. The van der Waals surface area contributed by atoms with Crippen LogP contribution in [-0.2, 0) is 20.9 Å². The molecule has 3 amide bonds. The number of imide groups is 1. The van der Waals surface area contributed by atoms with E-state index in [1.54, 1.807) is 63.4 Å². The number of aromatic nitrogens is 1. The number of carbonyl (C=O) groups excluding carboxylic acids is 4. The lowest BCUT2D eigenvalue weighted by Gasteiger charge is -2.33. The Bertz CT molecular complexity index is 1010. The normalized spacial score (nSPS) is 13.0. The number of ether oxygens (including phenoxy) is 2. The number of esters is 1. The Morgan fingerprint density at radius 1 is 1.06 bits per heavy atom. The van der Waals surface area contributed by atoms with Gasteiger partial charge in [-0.15, -0.1) is 0 Å². The Morgan fingerprint density at radius 3 is 2.34 bits per heavy atom. The first-order chi connectivity index (χ1) is 15.2. The van der Waals surface area contributed by atoms with Crippen LogP contribution in [0.3, 0.4) is 0 Å². The van der Waals surface area contributed by atoms with E-state index in [9.17, 15) is 19.2 Å². The molecule has 0 saturated heterocycles. The number of benzene rings is 1. The largest absolute Gasteiger partial charge is 0.480 e. The molecule has 2 heterocycles. The molecule has 9 heteroatoms. The Kier molecular flexibility index (Phi) is 6.87. The molecule has 1 N–H and O–H groups in total. The summed E-state index contributed by atoms with van der Waals surface area (Å²) in [7, 11) is 0. The maximum atomic E-state index is 12.7. The highest BCUT2D eigenvalue weighted by Crippen LogP contribution is 2.31. The second-order valence-corrected chi connectivity index (χ2v) is 7.80. The second-order valence-electron chi connectivity index (χ2n) is 7.80. The van der Waals surface area contributed by atoms with E-state index in [-0.39, 0.29) is 32.1 Å². The van der Waals surface area contributed by atoms with Crippen molar-refractivity contribution in [1.82, 2.24) is 15.2 Å². The van der Waals surface area contributed by atoms with Gasteiger partial charge in [0.05, 0.1) is 29.8 Å². The van der Waals surface area contributed by atoms with E-state index in [1.807, 2.05) is 0 Å².